The average Bonchev–Trinajstić information content (AvgIpc) is 2.16. The minimum atomic E-state index is 1.24. The monoisotopic (exact) mass is 180 g/mol. The molecule has 0 aromatic rings. The molecule has 0 aromatic carbocycles. The van der Waals surface area contributed by atoms with Gasteiger partial charge in [0.15, 0.2) is 0 Å². The standard InChI is InChI=1S/C13H24/c1-3-5-7-9-11-13-12-10-8-6-4-2/h7-10H,3-6,11-13H2,1-2H3/b9-7-,10-8-. The van der Waals surface area contributed by atoms with Crippen molar-refractivity contribution in [1.82, 2.24) is 0 Å². The van der Waals surface area contributed by atoms with Crippen molar-refractivity contribution in [3.8, 4) is 0 Å². The fourth-order valence-electron chi connectivity index (χ4n) is 1.16. The van der Waals surface area contributed by atoms with Gasteiger partial charge >= 0.3 is 0 Å². The smallest absolute Gasteiger partial charge is 0.0348 e. The van der Waals surface area contributed by atoms with Crippen LogP contribution in [0.1, 0.15) is 58.8 Å². The minimum absolute atomic E-state index is 1.24. The van der Waals surface area contributed by atoms with E-state index in [-0.39, 0.29) is 0 Å². The summed E-state index contributed by atoms with van der Waals surface area (Å²) >= 11 is 0. The molecule has 0 aliphatic carbocycles. The van der Waals surface area contributed by atoms with E-state index < -0.39 is 0 Å². The quantitative estimate of drug-likeness (QED) is 0.369. The van der Waals surface area contributed by atoms with E-state index in [0.29, 0.717) is 0 Å². The van der Waals surface area contributed by atoms with Gasteiger partial charge in [0.2, 0.25) is 0 Å². The number of rotatable bonds is 8. The molecule has 0 rings (SSSR count). The van der Waals surface area contributed by atoms with Crippen molar-refractivity contribution in [1.29, 1.82) is 0 Å². The van der Waals surface area contributed by atoms with Crippen LogP contribution in [0.4, 0.5) is 0 Å². The zero-order valence-corrected chi connectivity index (χ0v) is 9.26. The Morgan fingerprint density at radius 2 is 1.00 bits per heavy atom. The predicted molar refractivity (Wildman–Crippen MR) is 61.9 cm³/mol. The molecule has 0 fully saturated rings. The molecular weight excluding hydrogens is 156 g/mol. The Bertz CT molecular complexity index is 115. The predicted octanol–water partition coefficient (Wildman–Crippen LogP) is 4.87. The summed E-state index contributed by atoms with van der Waals surface area (Å²) in [5, 5.41) is 0. The van der Waals surface area contributed by atoms with Crippen LogP contribution in [0.2, 0.25) is 0 Å². The molecule has 0 aliphatic heterocycles. The van der Waals surface area contributed by atoms with E-state index in [9.17, 15) is 0 Å². The van der Waals surface area contributed by atoms with E-state index in [2.05, 4.69) is 38.2 Å². The summed E-state index contributed by atoms with van der Waals surface area (Å²) in [5.74, 6) is 0. The van der Waals surface area contributed by atoms with E-state index in [0.717, 1.165) is 0 Å². The third kappa shape index (κ3) is 11.5. The molecule has 0 aliphatic rings. The SMILES string of the molecule is CCC/C=C\CCC/C=C\CCC. The molecule has 76 valence electrons. The maximum atomic E-state index is 2.32. The summed E-state index contributed by atoms with van der Waals surface area (Å²) in [6, 6.07) is 0. The van der Waals surface area contributed by atoms with Crippen molar-refractivity contribution in [2.75, 3.05) is 0 Å². The van der Waals surface area contributed by atoms with Gasteiger partial charge in [-0.3, -0.25) is 0 Å². The van der Waals surface area contributed by atoms with Crippen LogP contribution in [-0.2, 0) is 0 Å². The van der Waals surface area contributed by atoms with Gasteiger partial charge < -0.3 is 0 Å². The molecule has 0 aromatic heterocycles. The van der Waals surface area contributed by atoms with Crippen molar-refractivity contribution in [2.24, 2.45) is 0 Å². The molecule has 0 heteroatoms. The first-order valence-corrected chi connectivity index (χ1v) is 5.71. The van der Waals surface area contributed by atoms with Gasteiger partial charge in [0.1, 0.15) is 0 Å². The van der Waals surface area contributed by atoms with Crippen LogP contribution < -0.4 is 0 Å². The first kappa shape index (κ1) is 12.5. The number of hydrogen-bond acceptors (Lipinski definition) is 0. The van der Waals surface area contributed by atoms with Crippen molar-refractivity contribution in [2.45, 2.75) is 58.8 Å². The van der Waals surface area contributed by atoms with E-state index in [1.165, 1.54) is 44.9 Å². The Morgan fingerprint density at radius 3 is 1.38 bits per heavy atom. The van der Waals surface area contributed by atoms with Crippen molar-refractivity contribution in [3.63, 3.8) is 0 Å². The lowest BCUT2D eigenvalue weighted by Gasteiger charge is -1.90. The molecule has 0 N–H and O–H groups in total. The lowest BCUT2D eigenvalue weighted by molar-refractivity contribution is 0.851. The number of allylic oxidation sites excluding steroid dienone is 4. The zero-order valence-electron chi connectivity index (χ0n) is 9.26. The van der Waals surface area contributed by atoms with Crippen molar-refractivity contribution < 1.29 is 0 Å². The highest BCUT2D eigenvalue weighted by Gasteiger charge is 1.80. The third-order valence-corrected chi connectivity index (χ3v) is 1.99. The van der Waals surface area contributed by atoms with Crippen LogP contribution in [0.5, 0.6) is 0 Å². The number of unbranched alkanes of at least 4 members (excludes halogenated alkanes) is 4. The van der Waals surface area contributed by atoms with Crippen LogP contribution in [-0.4, -0.2) is 0 Å². The fourth-order valence-corrected chi connectivity index (χ4v) is 1.16. The van der Waals surface area contributed by atoms with Gasteiger partial charge in [-0.15, -0.1) is 0 Å². The zero-order chi connectivity index (χ0) is 9.78. The van der Waals surface area contributed by atoms with Gasteiger partial charge in [-0.2, -0.15) is 0 Å². The topological polar surface area (TPSA) is 0 Å². The second-order valence-electron chi connectivity index (χ2n) is 3.45. The molecule has 0 bridgehead atoms. The average molecular weight is 180 g/mol. The third-order valence-electron chi connectivity index (χ3n) is 1.99. The summed E-state index contributed by atoms with van der Waals surface area (Å²) in [5.41, 5.74) is 0. The number of hydrogen-bond donors (Lipinski definition) is 0. The van der Waals surface area contributed by atoms with Crippen molar-refractivity contribution >= 4 is 0 Å². The van der Waals surface area contributed by atoms with Gasteiger partial charge in [0.25, 0.3) is 0 Å². The second kappa shape index (κ2) is 11.5. The lowest BCUT2D eigenvalue weighted by Crippen LogP contribution is -1.70. The van der Waals surface area contributed by atoms with Gasteiger partial charge in [0, 0.05) is 0 Å². The fraction of sp³-hybridized carbons (Fsp3) is 0.692. The molecule has 0 heterocycles. The molecule has 0 saturated heterocycles. The molecule has 0 saturated carbocycles. The Balaban J connectivity index is 3.07. The van der Waals surface area contributed by atoms with Gasteiger partial charge in [-0.05, 0) is 32.1 Å². The molecule has 0 unspecified atom stereocenters. The largest absolute Gasteiger partial charge is 0.0885 e. The maximum Gasteiger partial charge on any atom is -0.0348 e. The van der Waals surface area contributed by atoms with Crippen LogP contribution in [0.15, 0.2) is 24.3 Å². The summed E-state index contributed by atoms with van der Waals surface area (Å²) < 4.78 is 0. The van der Waals surface area contributed by atoms with Gasteiger partial charge in [-0.25, -0.2) is 0 Å². The molecular formula is C13H24. The first-order chi connectivity index (χ1) is 6.41. The van der Waals surface area contributed by atoms with Crippen LogP contribution >= 0.6 is 0 Å². The van der Waals surface area contributed by atoms with E-state index in [1.54, 1.807) is 0 Å². The summed E-state index contributed by atoms with van der Waals surface area (Å²) in [6.45, 7) is 4.44. The second-order valence-corrected chi connectivity index (χ2v) is 3.45. The van der Waals surface area contributed by atoms with Gasteiger partial charge in [-0.1, -0.05) is 51.0 Å². The Kier molecular flexibility index (Phi) is 11.0. The van der Waals surface area contributed by atoms with Gasteiger partial charge in [0.05, 0.1) is 0 Å². The highest BCUT2D eigenvalue weighted by atomic mass is 13.9. The molecule has 0 atom stereocenters. The lowest BCUT2D eigenvalue weighted by atomic mass is 10.2. The highest BCUT2D eigenvalue weighted by molar-refractivity contribution is 4.84. The molecule has 0 amide bonds. The Labute approximate surface area is 83.7 Å². The Morgan fingerprint density at radius 1 is 0.615 bits per heavy atom. The highest BCUT2D eigenvalue weighted by Crippen LogP contribution is 2.00. The normalized spacial score (nSPS) is 11.8. The van der Waals surface area contributed by atoms with E-state index in [1.807, 2.05) is 0 Å². The van der Waals surface area contributed by atoms with E-state index in [4.69, 9.17) is 0 Å². The summed E-state index contributed by atoms with van der Waals surface area (Å²) in [7, 11) is 0. The Hall–Kier alpha value is -0.520. The first-order valence-electron chi connectivity index (χ1n) is 5.71. The van der Waals surface area contributed by atoms with E-state index >= 15 is 0 Å². The van der Waals surface area contributed by atoms with Crippen LogP contribution in [0.3, 0.4) is 0 Å². The molecule has 13 heavy (non-hydrogen) atoms. The summed E-state index contributed by atoms with van der Waals surface area (Å²) in [4.78, 5) is 0. The maximum absolute atomic E-state index is 2.32. The van der Waals surface area contributed by atoms with Crippen LogP contribution in [0.25, 0.3) is 0 Å². The minimum Gasteiger partial charge on any atom is -0.0885 e. The van der Waals surface area contributed by atoms with Crippen LogP contribution in [0, 0.1) is 0 Å². The van der Waals surface area contributed by atoms with Crippen molar-refractivity contribution in [3.05, 3.63) is 24.3 Å². The molecule has 0 nitrogen and oxygen atoms in total. The summed E-state index contributed by atoms with van der Waals surface area (Å²) in [6.07, 6.45) is 18.1. The molecule has 0 radical (unpaired) electrons. The molecule has 0 spiro atoms.